The molecule has 2 aromatic rings. The standard InChI is InChI=1S/C20H23FN4O2S/c1-13(2)18(23-17(26)12-14-8-4-3-5-9-14)19(27)24-25-20(28)22-16-11-7-6-10-15(16)21/h3-11,13,18H,12H2,1-2H3,(H,23,26)(H,24,27)(H2,22,25,28)/t18-/m0/s1. The molecule has 2 amide bonds. The topological polar surface area (TPSA) is 82.3 Å². The monoisotopic (exact) mass is 402 g/mol. The van der Waals surface area contributed by atoms with Crippen molar-refractivity contribution in [3.8, 4) is 0 Å². The lowest BCUT2D eigenvalue weighted by Crippen LogP contribution is -2.55. The largest absolute Gasteiger partial charge is 0.344 e. The van der Waals surface area contributed by atoms with Gasteiger partial charge in [0, 0.05) is 0 Å². The number of hydrogen-bond acceptors (Lipinski definition) is 3. The van der Waals surface area contributed by atoms with Gasteiger partial charge in [-0.15, -0.1) is 0 Å². The van der Waals surface area contributed by atoms with Crippen LogP contribution in [0.3, 0.4) is 0 Å². The second-order valence-corrected chi connectivity index (χ2v) is 6.91. The zero-order valence-corrected chi connectivity index (χ0v) is 16.5. The second kappa shape index (κ2) is 10.4. The van der Waals surface area contributed by atoms with Gasteiger partial charge in [-0.1, -0.05) is 56.3 Å². The van der Waals surface area contributed by atoms with E-state index in [2.05, 4.69) is 21.5 Å². The molecule has 0 aliphatic rings. The third-order valence-corrected chi connectivity index (χ3v) is 4.10. The summed E-state index contributed by atoms with van der Waals surface area (Å²) < 4.78 is 13.6. The van der Waals surface area contributed by atoms with Crippen LogP contribution in [0, 0.1) is 11.7 Å². The highest BCUT2D eigenvalue weighted by Crippen LogP contribution is 2.11. The molecule has 0 aliphatic carbocycles. The number of benzene rings is 2. The fourth-order valence-electron chi connectivity index (χ4n) is 2.45. The summed E-state index contributed by atoms with van der Waals surface area (Å²) in [6.07, 6.45) is 0.179. The second-order valence-electron chi connectivity index (χ2n) is 6.50. The van der Waals surface area contributed by atoms with E-state index in [-0.39, 0.29) is 29.0 Å². The summed E-state index contributed by atoms with van der Waals surface area (Å²) in [5, 5.41) is 5.41. The molecule has 0 bridgehead atoms. The molecule has 0 aliphatic heterocycles. The van der Waals surface area contributed by atoms with E-state index >= 15 is 0 Å². The molecule has 2 rings (SSSR count). The van der Waals surface area contributed by atoms with Gasteiger partial charge < -0.3 is 10.6 Å². The molecule has 0 heterocycles. The van der Waals surface area contributed by atoms with Crippen molar-refractivity contribution in [3.63, 3.8) is 0 Å². The SMILES string of the molecule is CC(C)[C@H](NC(=O)Cc1ccccc1)C(=O)NNC(=S)Nc1ccccc1F. The van der Waals surface area contributed by atoms with Crippen molar-refractivity contribution in [1.82, 2.24) is 16.2 Å². The number of halogens is 1. The Morgan fingerprint density at radius 2 is 1.64 bits per heavy atom. The average molecular weight is 402 g/mol. The van der Waals surface area contributed by atoms with Crippen LogP contribution >= 0.6 is 12.2 Å². The number of hydrogen-bond donors (Lipinski definition) is 4. The Kier molecular flexibility index (Phi) is 7.88. The molecule has 8 heteroatoms. The van der Waals surface area contributed by atoms with Gasteiger partial charge in [-0.05, 0) is 35.8 Å². The molecule has 28 heavy (non-hydrogen) atoms. The first-order valence-electron chi connectivity index (χ1n) is 8.81. The number of anilines is 1. The Balaban J connectivity index is 1.87. The van der Waals surface area contributed by atoms with Crippen molar-refractivity contribution < 1.29 is 14.0 Å². The lowest BCUT2D eigenvalue weighted by molar-refractivity contribution is -0.130. The predicted molar refractivity (Wildman–Crippen MR) is 111 cm³/mol. The summed E-state index contributed by atoms with van der Waals surface area (Å²) in [5.41, 5.74) is 6.01. The van der Waals surface area contributed by atoms with Crippen molar-refractivity contribution in [2.24, 2.45) is 5.92 Å². The highest BCUT2D eigenvalue weighted by Gasteiger charge is 2.24. The maximum Gasteiger partial charge on any atom is 0.261 e. The molecule has 0 unspecified atom stereocenters. The Morgan fingerprint density at radius 1 is 1.00 bits per heavy atom. The number of carbonyl (C=O) groups is 2. The summed E-state index contributed by atoms with van der Waals surface area (Å²) >= 11 is 5.05. The third-order valence-electron chi connectivity index (χ3n) is 3.89. The van der Waals surface area contributed by atoms with E-state index in [1.165, 1.54) is 12.1 Å². The summed E-state index contributed by atoms with van der Waals surface area (Å²) in [5.74, 6) is -1.32. The van der Waals surface area contributed by atoms with Crippen LogP contribution < -0.4 is 21.5 Å². The van der Waals surface area contributed by atoms with Crippen LogP contribution in [0.1, 0.15) is 19.4 Å². The zero-order valence-electron chi connectivity index (χ0n) is 15.7. The maximum absolute atomic E-state index is 13.6. The highest BCUT2D eigenvalue weighted by molar-refractivity contribution is 7.80. The van der Waals surface area contributed by atoms with Crippen molar-refractivity contribution >= 4 is 34.8 Å². The zero-order chi connectivity index (χ0) is 20.5. The molecule has 0 saturated carbocycles. The molecular formula is C20H23FN4O2S. The fraction of sp³-hybridized carbons (Fsp3) is 0.250. The molecular weight excluding hydrogens is 379 g/mol. The summed E-state index contributed by atoms with van der Waals surface area (Å²) in [7, 11) is 0. The normalized spacial score (nSPS) is 11.4. The lowest BCUT2D eigenvalue weighted by atomic mass is 10.0. The average Bonchev–Trinajstić information content (AvgIpc) is 2.66. The molecule has 0 spiro atoms. The molecule has 0 saturated heterocycles. The highest BCUT2D eigenvalue weighted by atomic mass is 32.1. The van der Waals surface area contributed by atoms with Gasteiger partial charge >= 0.3 is 0 Å². The Labute approximate surface area is 168 Å². The maximum atomic E-state index is 13.6. The van der Waals surface area contributed by atoms with Crippen LogP contribution in [-0.2, 0) is 16.0 Å². The van der Waals surface area contributed by atoms with Gasteiger partial charge in [0.15, 0.2) is 5.11 Å². The number of rotatable bonds is 6. The predicted octanol–water partition coefficient (Wildman–Crippen LogP) is 2.53. The van der Waals surface area contributed by atoms with E-state index in [0.717, 1.165) is 5.56 Å². The summed E-state index contributed by atoms with van der Waals surface area (Å²) in [4.78, 5) is 24.7. The molecule has 4 N–H and O–H groups in total. The van der Waals surface area contributed by atoms with Crippen LogP contribution in [0.15, 0.2) is 54.6 Å². The quantitative estimate of drug-likeness (QED) is 0.441. The van der Waals surface area contributed by atoms with Gasteiger partial charge in [-0.2, -0.15) is 0 Å². The molecule has 2 aromatic carbocycles. The van der Waals surface area contributed by atoms with Crippen molar-refractivity contribution in [2.45, 2.75) is 26.3 Å². The van der Waals surface area contributed by atoms with Crippen molar-refractivity contribution in [2.75, 3.05) is 5.32 Å². The molecule has 6 nitrogen and oxygen atoms in total. The van der Waals surface area contributed by atoms with Gasteiger partial charge in [0.05, 0.1) is 12.1 Å². The van der Waals surface area contributed by atoms with E-state index < -0.39 is 17.8 Å². The van der Waals surface area contributed by atoms with Gasteiger partial charge in [-0.3, -0.25) is 20.4 Å². The van der Waals surface area contributed by atoms with E-state index in [4.69, 9.17) is 12.2 Å². The third kappa shape index (κ3) is 6.62. The van der Waals surface area contributed by atoms with E-state index in [1.807, 2.05) is 44.2 Å². The van der Waals surface area contributed by atoms with Gasteiger partial charge in [0.1, 0.15) is 11.9 Å². The van der Waals surface area contributed by atoms with Crippen LogP contribution in [0.5, 0.6) is 0 Å². The van der Waals surface area contributed by atoms with Gasteiger partial charge in [-0.25, -0.2) is 4.39 Å². The smallest absolute Gasteiger partial charge is 0.261 e. The number of para-hydroxylation sites is 1. The summed E-state index contributed by atoms with van der Waals surface area (Å²) in [6, 6.07) is 14.5. The van der Waals surface area contributed by atoms with Gasteiger partial charge in [0.25, 0.3) is 5.91 Å². The van der Waals surface area contributed by atoms with E-state index in [0.29, 0.717) is 0 Å². The first-order chi connectivity index (χ1) is 13.4. The van der Waals surface area contributed by atoms with Crippen LogP contribution in [0.25, 0.3) is 0 Å². The first-order valence-corrected chi connectivity index (χ1v) is 9.22. The molecule has 1 atom stereocenters. The molecule has 0 radical (unpaired) electrons. The Hall–Kier alpha value is -3.00. The molecule has 0 aromatic heterocycles. The minimum Gasteiger partial charge on any atom is -0.344 e. The number of carbonyl (C=O) groups excluding carboxylic acids is 2. The van der Waals surface area contributed by atoms with Crippen LogP contribution in [0.4, 0.5) is 10.1 Å². The lowest BCUT2D eigenvalue weighted by Gasteiger charge is -2.22. The van der Waals surface area contributed by atoms with Gasteiger partial charge in [0.2, 0.25) is 5.91 Å². The number of hydrazine groups is 1. The first kappa shape index (κ1) is 21.3. The van der Waals surface area contributed by atoms with Crippen molar-refractivity contribution in [3.05, 3.63) is 66.0 Å². The molecule has 0 fully saturated rings. The Morgan fingerprint density at radius 3 is 2.29 bits per heavy atom. The fourth-order valence-corrected chi connectivity index (χ4v) is 2.61. The van der Waals surface area contributed by atoms with Crippen LogP contribution in [0.2, 0.25) is 0 Å². The van der Waals surface area contributed by atoms with Crippen molar-refractivity contribution in [1.29, 1.82) is 0 Å². The Bertz CT molecular complexity index is 830. The molecule has 148 valence electrons. The number of nitrogens with one attached hydrogen (secondary N) is 4. The number of thiocarbonyl (C=S) groups is 1. The minimum atomic E-state index is -0.750. The van der Waals surface area contributed by atoms with E-state index in [9.17, 15) is 14.0 Å². The number of amides is 2. The van der Waals surface area contributed by atoms with Crippen LogP contribution in [-0.4, -0.2) is 23.0 Å². The summed E-state index contributed by atoms with van der Waals surface area (Å²) in [6.45, 7) is 3.64. The van der Waals surface area contributed by atoms with E-state index in [1.54, 1.807) is 12.1 Å². The minimum absolute atomic E-state index is 0.0246.